The van der Waals surface area contributed by atoms with Crippen LogP contribution in [0, 0.1) is 0 Å². The maximum absolute atomic E-state index is 6.74. The molecule has 244 valence electrons. The number of fused-ring (bicyclic) bond motifs is 5. The highest BCUT2D eigenvalue weighted by atomic mass is 16.3. The van der Waals surface area contributed by atoms with E-state index in [0.29, 0.717) is 0 Å². The number of para-hydroxylation sites is 2. The lowest BCUT2D eigenvalue weighted by atomic mass is 9.97. The van der Waals surface area contributed by atoms with Crippen LogP contribution in [0.1, 0.15) is 0 Å². The lowest BCUT2D eigenvalue weighted by Gasteiger charge is -2.28. The molecule has 2 heteroatoms. The zero-order valence-electron chi connectivity index (χ0n) is 28.4. The summed E-state index contributed by atoms with van der Waals surface area (Å²) in [5, 5.41) is 7.12. The molecule has 0 N–H and O–H groups in total. The lowest BCUT2D eigenvalue weighted by Crippen LogP contribution is -2.11. The molecule has 10 aromatic rings. The highest BCUT2D eigenvalue weighted by molar-refractivity contribution is 6.14. The van der Waals surface area contributed by atoms with Crippen molar-refractivity contribution < 1.29 is 4.42 Å². The monoisotopic (exact) mass is 663 g/mol. The van der Waals surface area contributed by atoms with E-state index in [9.17, 15) is 0 Å². The fourth-order valence-electron chi connectivity index (χ4n) is 7.72. The third-order valence-corrected chi connectivity index (χ3v) is 10.3. The summed E-state index contributed by atoms with van der Waals surface area (Å²) >= 11 is 0. The van der Waals surface area contributed by atoms with Crippen LogP contribution in [0.4, 0.5) is 17.1 Å². The Kier molecular flexibility index (Phi) is 7.18. The van der Waals surface area contributed by atoms with Crippen LogP contribution < -0.4 is 4.90 Å². The molecule has 2 nitrogen and oxygen atoms in total. The summed E-state index contributed by atoms with van der Waals surface area (Å²) in [6.45, 7) is 0. The van der Waals surface area contributed by atoms with Crippen molar-refractivity contribution in [2.75, 3.05) is 4.90 Å². The van der Waals surface area contributed by atoms with Gasteiger partial charge in [-0.05, 0) is 86.3 Å². The number of benzene rings is 9. The van der Waals surface area contributed by atoms with E-state index in [-0.39, 0.29) is 0 Å². The van der Waals surface area contributed by atoms with Crippen LogP contribution in [0.5, 0.6) is 0 Å². The first kappa shape index (κ1) is 30.0. The molecule has 0 fully saturated rings. The maximum atomic E-state index is 6.74. The standard InChI is InChI=1S/C50H33NO/c1-2-12-34(13-3-1)35-24-28-40(29-25-35)51(41-30-26-37(27-31-41)43-20-10-17-36-14-6-7-18-42(36)43)48-23-9-8-19-44(48)45-21-11-22-46-47-32-38-15-4-5-16-39(38)33-49(47)52-50(45)46/h1-33H. The van der Waals surface area contributed by atoms with Gasteiger partial charge in [-0.2, -0.15) is 0 Å². The number of furan rings is 1. The van der Waals surface area contributed by atoms with Gasteiger partial charge in [-0.15, -0.1) is 0 Å². The van der Waals surface area contributed by atoms with Crippen molar-refractivity contribution in [3.05, 3.63) is 200 Å². The number of rotatable bonds is 6. The van der Waals surface area contributed by atoms with Gasteiger partial charge in [0.25, 0.3) is 0 Å². The fraction of sp³-hybridized carbons (Fsp3) is 0. The van der Waals surface area contributed by atoms with Gasteiger partial charge in [0.2, 0.25) is 0 Å². The molecular weight excluding hydrogens is 631 g/mol. The summed E-state index contributed by atoms with van der Waals surface area (Å²) in [5.41, 5.74) is 12.0. The number of nitrogens with zero attached hydrogens (tertiary/aromatic N) is 1. The molecule has 10 rings (SSSR count). The van der Waals surface area contributed by atoms with Crippen LogP contribution in [-0.2, 0) is 0 Å². The van der Waals surface area contributed by atoms with Crippen molar-refractivity contribution >= 4 is 60.5 Å². The minimum absolute atomic E-state index is 0.894. The molecule has 0 radical (unpaired) electrons. The molecule has 9 aromatic carbocycles. The molecule has 0 bridgehead atoms. The summed E-state index contributed by atoms with van der Waals surface area (Å²) in [5.74, 6) is 0. The number of anilines is 3. The van der Waals surface area contributed by atoms with Gasteiger partial charge in [0.1, 0.15) is 11.2 Å². The van der Waals surface area contributed by atoms with E-state index in [4.69, 9.17) is 4.42 Å². The quantitative estimate of drug-likeness (QED) is 0.176. The molecule has 52 heavy (non-hydrogen) atoms. The molecule has 0 amide bonds. The first-order valence-electron chi connectivity index (χ1n) is 17.8. The predicted molar refractivity (Wildman–Crippen MR) is 220 cm³/mol. The Bertz CT molecular complexity index is 2880. The van der Waals surface area contributed by atoms with E-state index in [1.54, 1.807) is 0 Å². The summed E-state index contributed by atoms with van der Waals surface area (Å²) in [7, 11) is 0. The van der Waals surface area contributed by atoms with Gasteiger partial charge in [0.15, 0.2) is 0 Å². The Hall–Kier alpha value is -6.90. The largest absolute Gasteiger partial charge is 0.455 e. The van der Waals surface area contributed by atoms with Crippen LogP contribution in [0.25, 0.3) is 76.9 Å². The van der Waals surface area contributed by atoms with Gasteiger partial charge in [0, 0.05) is 33.3 Å². The Morgan fingerprint density at radius 3 is 1.65 bits per heavy atom. The van der Waals surface area contributed by atoms with Crippen molar-refractivity contribution in [3.63, 3.8) is 0 Å². The van der Waals surface area contributed by atoms with E-state index in [1.807, 2.05) is 0 Å². The molecule has 0 saturated heterocycles. The van der Waals surface area contributed by atoms with E-state index < -0.39 is 0 Å². The van der Waals surface area contributed by atoms with Crippen LogP contribution >= 0.6 is 0 Å². The van der Waals surface area contributed by atoms with E-state index in [1.165, 1.54) is 43.8 Å². The third kappa shape index (κ3) is 5.12. The Morgan fingerprint density at radius 1 is 0.327 bits per heavy atom. The van der Waals surface area contributed by atoms with Gasteiger partial charge in [-0.25, -0.2) is 0 Å². The van der Waals surface area contributed by atoms with Gasteiger partial charge < -0.3 is 9.32 Å². The van der Waals surface area contributed by atoms with Crippen LogP contribution in [0.3, 0.4) is 0 Å². The van der Waals surface area contributed by atoms with Crippen molar-refractivity contribution in [3.8, 4) is 33.4 Å². The topological polar surface area (TPSA) is 16.4 Å². The summed E-state index contributed by atoms with van der Waals surface area (Å²) in [6, 6.07) is 71.6. The van der Waals surface area contributed by atoms with Gasteiger partial charge in [-0.3, -0.25) is 0 Å². The summed E-state index contributed by atoms with van der Waals surface area (Å²) < 4.78 is 6.74. The summed E-state index contributed by atoms with van der Waals surface area (Å²) in [6.07, 6.45) is 0. The van der Waals surface area contributed by atoms with E-state index >= 15 is 0 Å². The summed E-state index contributed by atoms with van der Waals surface area (Å²) in [4.78, 5) is 2.37. The molecule has 0 aliphatic heterocycles. The fourth-order valence-corrected chi connectivity index (χ4v) is 7.72. The third-order valence-electron chi connectivity index (χ3n) is 10.3. The SMILES string of the molecule is c1ccc(-c2ccc(N(c3ccc(-c4cccc5ccccc45)cc3)c3ccccc3-c3cccc4c3oc3cc5ccccc5cc34)cc2)cc1. The highest BCUT2D eigenvalue weighted by Crippen LogP contribution is 2.45. The van der Waals surface area contributed by atoms with Gasteiger partial charge >= 0.3 is 0 Å². The minimum Gasteiger partial charge on any atom is -0.455 e. The first-order valence-corrected chi connectivity index (χ1v) is 17.8. The average Bonchev–Trinajstić information content (AvgIpc) is 3.58. The van der Waals surface area contributed by atoms with Crippen LogP contribution in [0.15, 0.2) is 205 Å². The molecule has 1 aromatic heterocycles. The molecule has 0 spiro atoms. The lowest BCUT2D eigenvalue weighted by molar-refractivity contribution is 0.670. The predicted octanol–water partition coefficient (Wildman–Crippen LogP) is 14.4. The molecular formula is C50H33NO. The second kappa shape index (κ2) is 12.5. The average molecular weight is 664 g/mol. The zero-order chi connectivity index (χ0) is 34.4. The number of hydrogen-bond acceptors (Lipinski definition) is 2. The second-order valence-electron chi connectivity index (χ2n) is 13.3. The molecule has 0 atom stereocenters. The molecule has 0 aliphatic rings. The normalized spacial score (nSPS) is 11.5. The highest BCUT2D eigenvalue weighted by Gasteiger charge is 2.21. The van der Waals surface area contributed by atoms with Crippen molar-refractivity contribution in [1.82, 2.24) is 0 Å². The first-order chi connectivity index (χ1) is 25.8. The van der Waals surface area contributed by atoms with Crippen molar-refractivity contribution in [2.24, 2.45) is 0 Å². The van der Waals surface area contributed by atoms with E-state index in [0.717, 1.165) is 50.1 Å². The second-order valence-corrected chi connectivity index (χ2v) is 13.3. The van der Waals surface area contributed by atoms with Crippen LogP contribution in [0.2, 0.25) is 0 Å². The Labute approximate surface area is 302 Å². The van der Waals surface area contributed by atoms with Crippen molar-refractivity contribution in [2.45, 2.75) is 0 Å². The van der Waals surface area contributed by atoms with Gasteiger partial charge in [-0.1, -0.05) is 158 Å². The molecule has 0 aliphatic carbocycles. The Balaban J connectivity index is 1.14. The Morgan fingerprint density at radius 2 is 0.865 bits per heavy atom. The van der Waals surface area contributed by atoms with Gasteiger partial charge in [0.05, 0.1) is 5.69 Å². The molecule has 0 saturated carbocycles. The smallest absolute Gasteiger partial charge is 0.143 e. The zero-order valence-corrected chi connectivity index (χ0v) is 28.4. The molecule has 1 heterocycles. The van der Waals surface area contributed by atoms with E-state index in [2.05, 4.69) is 205 Å². The minimum atomic E-state index is 0.894. The maximum Gasteiger partial charge on any atom is 0.143 e. The van der Waals surface area contributed by atoms with Crippen LogP contribution in [-0.4, -0.2) is 0 Å². The van der Waals surface area contributed by atoms with Crippen molar-refractivity contribution in [1.29, 1.82) is 0 Å². The molecule has 0 unspecified atom stereocenters. The number of hydrogen-bond donors (Lipinski definition) is 0.